The van der Waals surface area contributed by atoms with Crippen molar-refractivity contribution in [1.82, 2.24) is 9.97 Å². The van der Waals surface area contributed by atoms with Crippen LogP contribution in [0, 0.1) is 0 Å². The summed E-state index contributed by atoms with van der Waals surface area (Å²) in [4.78, 5) is 19.8. The number of halogens is 1. The normalized spacial score (nSPS) is 11.1. The zero-order chi connectivity index (χ0) is 23.4. The van der Waals surface area contributed by atoms with Gasteiger partial charge in [0.15, 0.2) is 0 Å². The summed E-state index contributed by atoms with van der Waals surface area (Å²) >= 11 is 5.86. The number of aromatic nitrogens is 2. The molecule has 3 N–H and O–H groups in total. The minimum atomic E-state index is -4.01. The summed E-state index contributed by atoms with van der Waals surface area (Å²) in [6.07, 6.45) is 1.42. The smallest absolute Gasteiger partial charge is 0.273 e. The maximum atomic E-state index is 13.0. The van der Waals surface area contributed by atoms with Crippen molar-refractivity contribution in [2.24, 2.45) is 0 Å². The first kappa shape index (κ1) is 22.4. The maximum Gasteiger partial charge on any atom is 0.273 e. The fourth-order valence-electron chi connectivity index (χ4n) is 3.07. The second-order valence-corrected chi connectivity index (χ2v) is 9.03. The van der Waals surface area contributed by atoms with Crippen LogP contribution in [0.1, 0.15) is 10.5 Å². The van der Waals surface area contributed by atoms with Crippen molar-refractivity contribution in [3.8, 4) is 17.1 Å². The molecule has 0 atom stereocenters. The molecule has 1 aromatic heterocycles. The van der Waals surface area contributed by atoms with Crippen LogP contribution in [-0.2, 0) is 10.0 Å². The molecule has 33 heavy (non-hydrogen) atoms. The number of aromatic amines is 1. The second kappa shape index (κ2) is 9.35. The van der Waals surface area contributed by atoms with Crippen molar-refractivity contribution >= 4 is 38.9 Å². The number of ether oxygens (including phenoxy) is 1. The van der Waals surface area contributed by atoms with Gasteiger partial charge in [-0.3, -0.25) is 9.52 Å². The third kappa shape index (κ3) is 5.16. The molecule has 168 valence electrons. The van der Waals surface area contributed by atoms with E-state index in [0.717, 1.165) is 5.56 Å². The van der Waals surface area contributed by atoms with E-state index in [0.29, 0.717) is 16.5 Å². The number of H-pyrrole nitrogens is 1. The van der Waals surface area contributed by atoms with Crippen molar-refractivity contribution in [2.75, 3.05) is 17.1 Å². The summed E-state index contributed by atoms with van der Waals surface area (Å²) in [5, 5.41) is 3.16. The highest BCUT2D eigenvalue weighted by atomic mass is 35.5. The van der Waals surface area contributed by atoms with E-state index in [1.807, 2.05) is 30.3 Å². The number of nitrogens with zero attached hydrogens (tertiary/aromatic N) is 1. The first-order valence-electron chi connectivity index (χ1n) is 9.74. The Bertz CT molecular complexity index is 1390. The Labute approximate surface area is 195 Å². The summed E-state index contributed by atoms with van der Waals surface area (Å²) in [5.74, 6) is 0.206. The van der Waals surface area contributed by atoms with Gasteiger partial charge in [0, 0.05) is 22.0 Å². The molecule has 4 rings (SSSR count). The summed E-state index contributed by atoms with van der Waals surface area (Å²) in [6.45, 7) is 0. The predicted molar refractivity (Wildman–Crippen MR) is 127 cm³/mol. The molecule has 0 saturated carbocycles. The Kier molecular flexibility index (Phi) is 6.34. The average Bonchev–Trinajstić information content (AvgIpc) is 3.32. The molecule has 0 saturated heterocycles. The number of benzene rings is 3. The second-order valence-electron chi connectivity index (χ2n) is 6.94. The summed E-state index contributed by atoms with van der Waals surface area (Å²) in [7, 11) is -2.65. The van der Waals surface area contributed by atoms with Gasteiger partial charge in [-0.15, -0.1) is 0 Å². The average molecular weight is 483 g/mol. The van der Waals surface area contributed by atoms with E-state index in [1.54, 1.807) is 30.3 Å². The number of hydrogen-bond donors (Lipinski definition) is 3. The molecule has 0 radical (unpaired) electrons. The lowest BCUT2D eigenvalue weighted by Gasteiger charge is -2.13. The number of nitrogens with one attached hydrogen (secondary N) is 3. The zero-order valence-corrected chi connectivity index (χ0v) is 18.9. The molecule has 0 aliphatic heterocycles. The minimum Gasteiger partial charge on any atom is -0.495 e. The van der Waals surface area contributed by atoms with Crippen LogP contribution in [0.15, 0.2) is 83.9 Å². The fraction of sp³-hybridized carbons (Fsp3) is 0.0435. The molecule has 0 spiro atoms. The van der Waals surface area contributed by atoms with Crippen molar-refractivity contribution in [2.45, 2.75) is 4.90 Å². The van der Waals surface area contributed by atoms with Crippen LogP contribution in [0.4, 0.5) is 11.4 Å². The van der Waals surface area contributed by atoms with Gasteiger partial charge in [-0.25, -0.2) is 13.4 Å². The molecule has 8 nitrogen and oxygen atoms in total. The Hall–Kier alpha value is -3.82. The van der Waals surface area contributed by atoms with E-state index in [-0.39, 0.29) is 22.0 Å². The number of rotatable bonds is 7. The number of amides is 1. The molecule has 3 aromatic carbocycles. The number of carbonyl (C=O) groups excluding carboxylic acids is 1. The molecule has 0 unspecified atom stereocenters. The van der Waals surface area contributed by atoms with Gasteiger partial charge in [0.25, 0.3) is 15.9 Å². The van der Waals surface area contributed by atoms with E-state index < -0.39 is 15.9 Å². The van der Waals surface area contributed by atoms with Crippen LogP contribution < -0.4 is 14.8 Å². The van der Waals surface area contributed by atoms with Crippen LogP contribution in [0.3, 0.4) is 0 Å². The van der Waals surface area contributed by atoms with Crippen LogP contribution in [-0.4, -0.2) is 31.4 Å². The molecule has 1 amide bonds. The lowest BCUT2D eigenvalue weighted by Crippen LogP contribution is -2.16. The largest absolute Gasteiger partial charge is 0.495 e. The lowest BCUT2D eigenvalue weighted by atomic mass is 10.2. The van der Waals surface area contributed by atoms with Gasteiger partial charge in [-0.05, 0) is 42.5 Å². The standard InChI is InChI=1S/C23H19ClN4O4S/c1-32-20-12-11-18(13-21(20)33(30,31)28-17-9-7-16(24)8-10-17)26-23(29)19-14-25-22(27-19)15-5-3-2-4-6-15/h2-14,28H,1H3,(H,25,27)(H,26,29). The predicted octanol–water partition coefficient (Wildman–Crippen LogP) is 4.79. The van der Waals surface area contributed by atoms with Crippen LogP contribution in [0.5, 0.6) is 5.75 Å². The molecule has 0 fully saturated rings. The van der Waals surface area contributed by atoms with Gasteiger partial charge in [-0.1, -0.05) is 41.9 Å². The highest BCUT2D eigenvalue weighted by molar-refractivity contribution is 7.92. The monoisotopic (exact) mass is 482 g/mol. The van der Waals surface area contributed by atoms with Gasteiger partial charge in [0.1, 0.15) is 22.2 Å². The molecular formula is C23H19ClN4O4S. The van der Waals surface area contributed by atoms with Gasteiger partial charge in [0.2, 0.25) is 0 Å². The Balaban J connectivity index is 1.57. The van der Waals surface area contributed by atoms with Crippen molar-refractivity contribution in [3.05, 3.63) is 89.7 Å². The maximum absolute atomic E-state index is 13.0. The first-order valence-corrected chi connectivity index (χ1v) is 11.6. The van der Waals surface area contributed by atoms with Gasteiger partial charge in [0.05, 0.1) is 13.3 Å². The third-order valence-electron chi connectivity index (χ3n) is 4.68. The van der Waals surface area contributed by atoms with E-state index in [4.69, 9.17) is 16.3 Å². The topological polar surface area (TPSA) is 113 Å². The molecule has 0 aliphatic rings. The molecule has 0 aliphatic carbocycles. The summed E-state index contributed by atoms with van der Waals surface area (Å²) < 4.78 is 33.7. The Morgan fingerprint density at radius 1 is 1.00 bits per heavy atom. The number of imidazole rings is 1. The summed E-state index contributed by atoms with van der Waals surface area (Å²) in [5.41, 5.74) is 1.67. The van der Waals surface area contributed by atoms with Gasteiger partial charge in [-0.2, -0.15) is 0 Å². The molecule has 4 aromatic rings. The van der Waals surface area contributed by atoms with Gasteiger partial charge >= 0.3 is 0 Å². The summed E-state index contributed by atoms with van der Waals surface area (Å²) in [6, 6.07) is 19.9. The number of hydrogen-bond acceptors (Lipinski definition) is 5. The van der Waals surface area contributed by atoms with Crippen molar-refractivity contribution in [3.63, 3.8) is 0 Å². The Morgan fingerprint density at radius 3 is 2.39 bits per heavy atom. The van der Waals surface area contributed by atoms with Crippen LogP contribution >= 0.6 is 11.6 Å². The van der Waals surface area contributed by atoms with E-state index in [2.05, 4.69) is 20.0 Å². The lowest BCUT2D eigenvalue weighted by molar-refractivity contribution is 0.102. The van der Waals surface area contributed by atoms with E-state index in [1.165, 1.54) is 25.4 Å². The molecule has 1 heterocycles. The first-order chi connectivity index (χ1) is 15.9. The highest BCUT2D eigenvalue weighted by Gasteiger charge is 2.21. The molecule has 10 heteroatoms. The molecular weight excluding hydrogens is 464 g/mol. The van der Waals surface area contributed by atoms with Gasteiger partial charge < -0.3 is 15.0 Å². The SMILES string of the molecule is COc1ccc(NC(=O)c2cnc(-c3ccccc3)[nH]2)cc1S(=O)(=O)Nc1ccc(Cl)cc1. The fourth-order valence-corrected chi connectivity index (χ4v) is 4.45. The third-order valence-corrected chi connectivity index (χ3v) is 6.33. The Morgan fingerprint density at radius 2 is 1.70 bits per heavy atom. The number of carbonyl (C=O) groups is 1. The minimum absolute atomic E-state index is 0.127. The van der Waals surface area contributed by atoms with Crippen molar-refractivity contribution in [1.29, 1.82) is 0 Å². The number of sulfonamides is 1. The number of methoxy groups -OCH3 is 1. The van der Waals surface area contributed by atoms with E-state index >= 15 is 0 Å². The van der Waals surface area contributed by atoms with Crippen LogP contribution in [0.25, 0.3) is 11.4 Å². The quantitative estimate of drug-likeness (QED) is 0.350. The molecule has 0 bridgehead atoms. The zero-order valence-electron chi connectivity index (χ0n) is 17.4. The number of anilines is 2. The van der Waals surface area contributed by atoms with E-state index in [9.17, 15) is 13.2 Å². The van der Waals surface area contributed by atoms with Crippen LogP contribution in [0.2, 0.25) is 5.02 Å². The van der Waals surface area contributed by atoms with Crippen molar-refractivity contribution < 1.29 is 17.9 Å². The highest BCUT2D eigenvalue weighted by Crippen LogP contribution is 2.29.